The summed E-state index contributed by atoms with van der Waals surface area (Å²) in [5.41, 5.74) is 1.90. The molecule has 0 spiro atoms. The minimum absolute atomic E-state index is 0.464. The van der Waals surface area contributed by atoms with Crippen molar-refractivity contribution in [3.63, 3.8) is 0 Å². The number of methoxy groups -OCH3 is 1. The Morgan fingerprint density at radius 2 is 2.28 bits per heavy atom. The monoisotopic (exact) mass is 263 g/mol. The van der Waals surface area contributed by atoms with Gasteiger partial charge in [-0.3, -0.25) is 4.57 Å². The van der Waals surface area contributed by atoms with Crippen LogP contribution in [0.1, 0.15) is 32.2 Å². The van der Waals surface area contributed by atoms with Crippen LogP contribution in [0, 0.1) is 10.7 Å². The Balaban J connectivity index is 2.20. The van der Waals surface area contributed by atoms with Gasteiger partial charge in [-0.05, 0) is 37.0 Å². The molecule has 18 heavy (non-hydrogen) atoms. The number of pyridine rings is 1. The van der Waals surface area contributed by atoms with Crippen molar-refractivity contribution in [1.29, 1.82) is 0 Å². The standard InChI is InChI=1S/C13H17N3OS/c1-8-4-3-5-10(8)16-12-9(14-13(16)18)6-7-11(15-12)17-2/h6-8,10H,3-5H2,1-2H3,(H,14,18). The van der Waals surface area contributed by atoms with Crippen LogP contribution in [0.5, 0.6) is 5.88 Å². The van der Waals surface area contributed by atoms with Gasteiger partial charge in [0.2, 0.25) is 5.88 Å². The maximum atomic E-state index is 5.45. The van der Waals surface area contributed by atoms with Crippen LogP contribution >= 0.6 is 12.2 Å². The number of rotatable bonds is 2. The summed E-state index contributed by atoms with van der Waals surface area (Å²) in [5, 5.41) is 0. The maximum Gasteiger partial charge on any atom is 0.215 e. The minimum Gasteiger partial charge on any atom is -0.481 e. The predicted octanol–water partition coefficient (Wildman–Crippen LogP) is 3.46. The van der Waals surface area contributed by atoms with Gasteiger partial charge in [0.25, 0.3) is 0 Å². The Morgan fingerprint density at radius 1 is 1.44 bits per heavy atom. The summed E-state index contributed by atoms with van der Waals surface area (Å²) in [6.45, 7) is 2.29. The van der Waals surface area contributed by atoms with Crippen LogP contribution in [0.25, 0.3) is 11.2 Å². The third-order valence-electron chi connectivity index (χ3n) is 3.90. The number of H-pyrrole nitrogens is 1. The van der Waals surface area contributed by atoms with Gasteiger partial charge in [0, 0.05) is 12.1 Å². The van der Waals surface area contributed by atoms with Gasteiger partial charge in [0.05, 0.1) is 12.6 Å². The number of nitrogens with one attached hydrogen (secondary N) is 1. The van der Waals surface area contributed by atoms with E-state index in [1.165, 1.54) is 19.3 Å². The highest BCUT2D eigenvalue weighted by Crippen LogP contribution is 2.37. The fourth-order valence-corrected chi connectivity index (χ4v) is 3.25. The smallest absolute Gasteiger partial charge is 0.215 e. The molecule has 0 radical (unpaired) electrons. The van der Waals surface area contributed by atoms with Crippen molar-refractivity contribution in [1.82, 2.24) is 14.5 Å². The zero-order valence-electron chi connectivity index (χ0n) is 10.6. The molecule has 0 aliphatic heterocycles. The van der Waals surface area contributed by atoms with Crippen LogP contribution in [0.3, 0.4) is 0 Å². The fraction of sp³-hybridized carbons (Fsp3) is 0.538. The van der Waals surface area contributed by atoms with Crippen molar-refractivity contribution < 1.29 is 4.74 Å². The quantitative estimate of drug-likeness (QED) is 0.844. The number of hydrogen-bond donors (Lipinski definition) is 1. The van der Waals surface area contributed by atoms with E-state index in [-0.39, 0.29) is 0 Å². The van der Waals surface area contributed by atoms with E-state index >= 15 is 0 Å². The summed E-state index contributed by atoms with van der Waals surface area (Å²) in [7, 11) is 1.64. The number of nitrogens with zero attached hydrogens (tertiary/aromatic N) is 2. The molecule has 0 aromatic carbocycles. The molecule has 96 valence electrons. The van der Waals surface area contributed by atoms with Gasteiger partial charge in [-0.25, -0.2) is 0 Å². The molecular formula is C13H17N3OS. The Kier molecular flexibility index (Phi) is 2.86. The van der Waals surface area contributed by atoms with Crippen LogP contribution in [0.2, 0.25) is 0 Å². The van der Waals surface area contributed by atoms with E-state index in [2.05, 4.69) is 21.5 Å². The molecule has 0 amide bonds. The molecule has 2 atom stereocenters. The van der Waals surface area contributed by atoms with Crippen molar-refractivity contribution >= 4 is 23.4 Å². The molecule has 1 fully saturated rings. The van der Waals surface area contributed by atoms with Crippen LogP contribution in [0.15, 0.2) is 12.1 Å². The SMILES string of the molecule is COc1ccc2[nH]c(=S)n(C3CCCC3C)c2n1. The lowest BCUT2D eigenvalue weighted by Gasteiger charge is -2.17. The number of fused-ring (bicyclic) bond motifs is 1. The van der Waals surface area contributed by atoms with E-state index in [0.29, 0.717) is 17.8 Å². The topological polar surface area (TPSA) is 42.8 Å². The molecule has 4 nitrogen and oxygen atoms in total. The van der Waals surface area contributed by atoms with E-state index in [1.807, 2.05) is 12.1 Å². The lowest BCUT2D eigenvalue weighted by molar-refractivity contribution is 0.392. The van der Waals surface area contributed by atoms with Crippen LogP contribution in [-0.4, -0.2) is 21.6 Å². The van der Waals surface area contributed by atoms with Gasteiger partial charge in [-0.15, -0.1) is 0 Å². The van der Waals surface area contributed by atoms with Crippen LogP contribution < -0.4 is 4.74 Å². The number of aromatic nitrogens is 3. The first-order chi connectivity index (χ1) is 8.70. The first-order valence-corrected chi connectivity index (χ1v) is 6.77. The largest absolute Gasteiger partial charge is 0.481 e. The van der Waals surface area contributed by atoms with Crippen molar-refractivity contribution in [3.05, 3.63) is 16.9 Å². The predicted molar refractivity (Wildman–Crippen MR) is 73.5 cm³/mol. The summed E-state index contributed by atoms with van der Waals surface area (Å²) in [5.74, 6) is 1.29. The molecule has 3 rings (SSSR count). The average Bonchev–Trinajstić information content (AvgIpc) is 2.90. The van der Waals surface area contributed by atoms with Crippen molar-refractivity contribution in [3.8, 4) is 5.88 Å². The molecule has 2 heterocycles. The summed E-state index contributed by atoms with van der Waals surface area (Å²) in [6, 6.07) is 4.30. The molecule has 2 aromatic heterocycles. The second-order valence-electron chi connectivity index (χ2n) is 5.00. The molecule has 1 aliphatic carbocycles. The Morgan fingerprint density at radius 3 is 2.94 bits per heavy atom. The van der Waals surface area contributed by atoms with Gasteiger partial charge in [0.15, 0.2) is 10.4 Å². The zero-order valence-corrected chi connectivity index (χ0v) is 11.5. The molecule has 2 unspecified atom stereocenters. The van der Waals surface area contributed by atoms with Crippen molar-refractivity contribution in [2.45, 2.75) is 32.2 Å². The molecule has 0 bridgehead atoms. The summed E-state index contributed by atoms with van der Waals surface area (Å²) in [4.78, 5) is 7.77. The lowest BCUT2D eigenvalue weighted by Crippen LogP contribution is -2.12. The van der Waals surface area contributed by atoms with E-state index < -0.39 is 0 Å². The van der Waals surface area contributed by atoms with E-state index in [0.717, 1.165) is 15.9 Å². The average molecular weight is 263 g/mol. The van der Waals surface area contributed by atoms with E-state index in [4.69, 9.17) is 17.0 Å². The molecule has 5 heteroatoms. The second kappa shape index (κ2) is 4.39. The van der Waals surface area contributed by atoms with Gasteiger partial charge >= 0.3 is 0 Å². The molecule has 1 saturated carbocycles. The van der Waals surface area contributed by atoms with Crippen molar-refractivity contribution in [2.75, 3.05) is 7.11 Å². The summed E-state index contributed by atoms with van der Waals surface area (Å²) < 4.78 is 8.14. The molecule has 0 saturated heterocycles. The molecule has 1 aliphatic rings. The van der Waals surface area contributed by atoms with Gasteiger partial charge in [-0.2, -0.15) is 4.98 Å². The minimum atomic E-state index is 0.464. The number of hydrogen-bond acceptors (Lipinski definition) is 3. The Labute approximate surface area is 111 Å². The van der Waals surface area contributed by atoms with E-state index in [1.54, 1.807) is 7.11 Å². The van der Waals surface area contributed by atoms with Gasteiger partial charge in [-0.1, -0.05) is 13.3 Å². The Hall–Kier alpha value is -1.36. The number of ether oxygens (including phenoxy) is 1. The first kappa shape index (κ1) is 11.7. The summed E-state index contributed by atoms with van der Waals surface area (Å²) >= 11 is 5.45. The van der Waals surface area contributed by atoms with Crippen molar-refractivity contribution in [2.24, 2.45) is 5.92 Å². The third kappa shape index (κ3) is 1.73. The Bertz CT molecular complexity index is 631. The highest BCUT2D eigenvalue weighted by Gasteiger charge is 2.27. The van der Waals surface area contributed by atoms with E-state index in [9.17, 15) is 0 Å². The van der Waals surface area contributed by atoms with Gasteiger partial charge < -0.3 is 9.72 Å². The highest BCUT2D eigenvalue weighted by molar-refractivity contribution is 7.71. The fourth-order valence-electron chi connectivity index (χ4n) is 2.91. The molecule has 2 aromatic rings. The lowest BCUT2D eigenvalue weighted by atomic mass is 10.1. The van der Waals surface area contributed by atoms with Gasteiger partial charge in [0.1, 0.15) is 0 Å². The molecule has 1 N–H and O–H groups in total. The number of imidazole rings is 1. The number of aromatic amines is 1. The molecular weight excluding hydrogens is 246 g/mol. The highest BCUT2D eigenvalue weighted by atomic mass is 32.1. The third-order valence-corrected chi connectivity index (χ3v) is 4.19. The van der Waals surface area contributed by atoms with Crippen LogP contribution in [0.4, 0.5) is 0 Å². The second-order valence-corrected chi connectivity index (χ2v) is 5.39. The summed E-state index contributed by atoms with van der Waals surface area (Å²) in [6.07, 6.45) is 3.72. The first-order valence-electron chi connectivity index (χ1n) is 6.36. The van der Waals surface area contributed by atoms with Crippen LogP contribution in [-0.2, 0) is 0 Å². The normalized spacial score (nSPS) is 23.7. The zero-order chi connectivity index (χ0) is 12.7. The maximum absolute atomic E-state index is 5.45.